The molecule has 0 saturated carbocycles. The largest absolute Gasteiger partial charge is 0.383 e. The number of aryl methyl sites for hydroxylation is 1. The molecule has 7 heteroatoms. The van der Waals surface area contributed by atoms with Gasteiger partial charge < -0.3 is 9.30 Å². The molecule has 2 aromatic heterocycles. The molecule has 0 spiro atoms. The number of halogens is 1. The summed E-state index contributed by atoms with van der Waals surface area (Å²) in [6, 6.07) is 7.47. The highest BCUT2D eigenvalue weighted by Crippen LogP contribution is 2.27. The van der Waals surface area contributed by atoms with E-state index in [9.17, 15) is 4.79 Å². The molecule has 2 heterocycles. The molecular weight excluding hydrogens is 352 g/mol. The highest BCUT2D eigenvalue weighted by molar-refractivity contribution is 7.16. The van der Waals surface area contributed by atoms with Crippen molar-refractivity contribution in [2.24, 2.45) is 4.99 Å². The van der Waals surface area contributed by atoms with E-state index in [1.54, 1.807) is 13.2 Å². The summed E-state index contributed by atoms with van der Waals surface area (Å²) in [7, 11) is 1.66. The molecule has 0 atom stereocenters. The number of amides is 1. The van der Waals surface area contributed by atoms with Gasteiger partial charge in [-0.25, -0.2) is 0 Å². The Balaban J connectivity index is 2.19. The van der Waals surface area contributed by atoms with Gasteiger partial charge in [0.05, 0.1) is 21.7 Å². The molecule has 0 bridgehead atoms. The van der Waals surface area contributed by atoms with Gasteiger partial charge in [0.2, 0.25) is 0 Å². The molecule has 0 saturated heterocycles. The maximum absolute atomic E-state index is 12.3. The number of rotatable bonds is 4. The molecule has 0 radical (unpaired) electrons. The molecule has 0 aliphatic heterocycles. The summed E-state index contributed by atoms with van der Waals surface area (Å²) in [5.74, 6) is -0.221. The normalized spacial score (nSPS) is 12.2. The van der Waals surface area contributed by atoms with E-state index in [4.69, 9.17) is 16.3 Å². The van der Waals surface area contributed by atoms with E-state index in [0.29, 0.717) is 27.9 Å². The van der Waals surface area contributed by atoms with E-state index in [1.165, 1.54) is 22.7 Å². The van der Waals surface area contributed by atoms with Gasteiger partial charge in [0.1, 0.15) is 0 Å². The van der Waals surface area contributed by atoms with Crippen LogP contribution in [0.3, 0.4) is 0 Å². The van der Waals surface area contributed by atoms with Gasteiger partial charge in [-0.3, -0.25) is 4.79 Å². The molecule has 120 valence electrons. The number of carbonyl (C=O) groups excluding carboxylic acids is 1. The molecule has 0 unspecified atom stereocenters. The van der Waals surface area contributed by atoms with Crippen molar-refractivity contribution in [3.63, 3.8) is 0 Å². The lowest BCUT2D eigenvalue weighted by Crippen LogP contribution is -2.19. The summed E-state index contributed by atoms with van der Waals surface area (Å²) >= 11 is 9.14. The number of benzene rings is 1. The Morgan fingerprint density at radius 3 is 2.91 bits per heavy atom. The number of carbonyl (C=O) groups is 1. The smallest absolute Gasteiger partial charge is 0.289 e. The third-order valence-corrected chi connectivity index (χ3v) is 5.79. The fourth-order valence-corrected chi connectivity index (χ4v) is 4.21. The van der Waals surface area contributed by atoms with Crippen molar-refractivity contribution in [1.29, 1.82) is 0 Å². The van der Waals surface area contributed by atoms with Crippen molar-refractivity contribution in [2.45, 2.75) is 13.5 Å². The van der Waals surface area contributed by atoms with E-state index in [-0.39, 0.29) is 5.91 Å². The first-order valence-electron chi connectivity index (χ1n) is 7.01. The highest BCUT2D eigenvalue weighted by Gasteiger charge is 2.13. The van der Waals surface area contributed by atoms with E-state index < -0.39 is 0 Å². The van der Waals surface area contributed by atoms with Gasteiger partial charge in [0.15, 0.2) is 4.80 Å². The van der Waals surface area contributed by atoms with E-state index in [1.807, 2.05) is 35.1 Å². The summed E-state index contributed by atoms with van der Waals surface area (Å²) in [6.45, 7) is 3.14. The SMILES string of the molecule is COCCn1c(=NC(=O)c2cccs2)sc2ccc(Cl)c(C)c21. The van der Waals surface area contributed by atoms with Crippen LogP contribution in [0, 0.1) is 6.92 Å². The molecule has 1 amide bonds. The van der Waals surface area contributed by atoms with Crippen LogP contribution in [0.4, 0.5) is 0 Å². The molecule has 3 aromatic rings. The average molecular weight is 367 g/mol. The predicted molar refractivity (Wildman–Crippen MR) is 95.7 cm³/mol. The van der Waals surface area contributed by atoms with Crippen molar-refractivity contribution in [3.05, 3.63) is 49.9 Å². The topological polar surface area (TPSA) is 43.6 Å². The fraction of sp³-hybridized carbons (Fsp3) is 0.250. The predicted octanol–water partition coefficient (Wildman–Crippen LogP) is 4.11. The number of methoxy groups -OCH3 is 1. The minimum Gasteiger partial charge on any atom is -0.383 e. The third-order valence-electron chi connectivity index (χ3n) is 3.48. The zero-order valence-corrected chi connectivity index (χ0v) is 15.1. The maximum Gasteiger partial charge on any atom is 0.289 e. The first-order chi connectivity index (χ1) is 11.1. The molecule has 0 aliphatic carbocycles. The number of ether oxygens (including phenoxy) is 1. The third kappa shape index (κ3) is 3.26. The number of thiazole rings is 1. The van der Waals surface area contributed by atoms with Crippen LogP contribution in [0.2, 0.25) is 5.02 Å². The summed E-state index contributed by atoms with van der Waals surface area (Å²) in [5, 5.41) is 2.58. The summed E-state index contributed by atoms with van der Waals surface area (Å²) in [4.78, 5) is 17.9. The monoisotopic (exact) mass is 366 g/mol. The molecule has 23 heavy (non-hydrogen) atoms. The lowest BCUT2D eigenvalue weighted by Gasteiger charge is -2.07. The Morgan fingerprint density at radius 1 is 1.39 bits per heavy atom. The van der Waals surface area contributed by atoms with Crippen LogP contribution in [-0.2, 0) is 11.3 Å². The molecule has 0 fully saturated rings. The Bertz CT molecular complexity index is 910. The van der Waals surface area contributed by atoms with Gasteiger partial charge in [0.25, 0.3) is 5.91 Å². The summed E-state index contributed by atoms with van der Waals surface area (Å²) < 4.78 is 8.26. The van der Waals surface area contributed by atoms with E-state index >= 15 is 0 Å². The Kier molecular flexibility index (Phi) is 4.96. The fourth-order valence-electron chi connectivity index (χ4n) is 2.33. The molecular formula is C16H15ClN2O2S2. The second-order valence-electron chi connectivity index (χ2n) is 4.94. The van der Waals surface area contributed by atoms with Crippen molar-refractivity contribution in [1.82, 2.24) is 4.57 Å². The van der Waals surface area contributed by atoms with Crippen LogP contribution in [0.15, 0.2) is 34.6 Å². The maximum atomic E-state index is 12.3. The van der Waals surface area contributed by atoms with Crippen LogP contribution in [-0.4, -0.2) is 24.2 Å². The number of nitrogens with zero attached hydrogens (tertiary/aromatic N) is 2. The molecule has 3 rings (SSSR count). The van der Waals surface area contributed by atoms with Crippen LogP contribution < -0.4 is 4.80 Å². The zero-order chi connectivity index (χ0) is 16.4. The second kappa shape index (κ2) is 6.97. The Labute approximate surface area is 146 Å². The van der Waals surface area contributed by atoms with Crippen LogP contribution in [0.25, 0.3) is 10.2 Å². The van der Waals surface area contributed by atoms with Crippen LogP contribution >= 0.6 is 34.3 Å². The van der Waals surface area contributed by atoms with Gasteiger partial charge >= 0.3 is 0 Å². The Hall–Kier alpha value is -1.47. The van der Waals surface area contributed by atoms with E-state index in [2.05, 4.69) is 4.99 Å². The molecule has 4 nitrogen and oxygen atoms in total. The summed E-state index contributed by atoms with van der Waals surface area (Å²) in [5.41, 5.74) is 2.00. The number of hydrogen-bond acceptors (Lipinski definition) is 4. The zero-order valence-electron chi connectivity index (χ0n) is 12.7. The summed E-state index contributed by atoms with van der Waals surface area (Å²) in [6.07, 6.45) is 0. The van der Waals surface area contributed by atoms with Gasteiger partial charge in [-0.1, -0.05) is 29.0 Å². The highest BCUT2D eigenvalue weighted by atomic mass is 35.5. The lowest BCUT2D eigenvalue weighted by atomic mass is 10.2. The van der Waals surface area contributed by atoms with Gasteiger partial charge in [0, 0.05) is 18.7 Å². The minimum absolute atomic E-state index is 0.221. The number of aromatic nitrogens is 1. The lowest BCUT2D eigenvalue weighted by molar-refractivity contribution is 0.100. The average Bonchev–Trinajstić information content (AvgIpc) is 3.17. The first-order valence-corrected chi connectivity index (χ1v) is 9.09. The molecule has 0 N–H and O–H groups in total. The van der Waals surface area contributed by atoms with Crippen LogP contribution in [0.5, 0.6) is 0 Å². The molecule has 0 aliphatic rings. The van der Waals surface area contributed by atoms with Gasteiger partial charge in [-0.2, -0.15) is 4.99 Å². The van der Waals surface area contributed by atoms with Gasteiger partial charge in [-0.15, -0.1) is 11.3 Å². The van der Waals surface area contributed by atoms with Crippen molar-refractivity contribution < 1.29 is 9.53 Å². The second-order valence-corrected chi connectivity index (χ2v) is 7.31. The number of hydrogen-bond donors (Lipinski definition) is 0. The quantitative estimate of drug-likeness (QED) is 0.697. The van der Waals surface area contributed by atoms with Crippen molar-refractivity contribution in [2.75, 3.05) is 13.7 Å². The standard InChI is InChI=1S/C16H15ClN2O2S2/c1-10-11(17)5-6-12-14(10)19(7-8-21-2)16(23-12)18-15(20)13-4-3-9-22-13/h3-6,9H,7-8H2,1-2H3. The number of fused-ring (bicyclic) bond motifs is 1. The van der Waals surface area contributed by atoms with Gasteiger partial charge in [-0.05, 0) is 36.1 Å². The number of thiophene rings is 1. The van der Waals surface area contributed by atoms with Crippen molar-refractivity contribution in [3.8, 4) is 0 Å². The Morgan fingerprint density at radius 2 is 2.22 bits per heavy atom. The minimum atomic E-state index is -0.221. The van der Waals surface area contributed by atoms with E-state index in [0.717, 1.165) is 15.8 Å². The van der Waals surface area contributed by atoms with Crippen molar-refractivity contribution >= 4 is 50.4 Å². The molecule has 1 aromatic carbocycles. The van der Waals surface area contributed by atoms with Crippen LogP contribution in [0.1, 0.15) is 15.2 Å². The first kappa shape index (κ1) is 16.4.